The summed E-state index contributed by atoms with van der Waals surface area (Å²) in [5, 5.41) is 19.8. The fourth-order valence-corrected chi connectivity index (χ4v) is 0.752. The molecule has 0 aromatic heterocycles. The molecule has 0 bridgehead atoms. The van der Waals surface area contributed by atoms with Crippen molar-refractivity contribution < 1.29 is 27.8 Å². The summed E-state index contributed by atoms with van der Waals surface area (Å²) < 4.78 is 39.1. The van der Waals surface area contributed by atoms with Crippen molar-refractivity contribution in [3.05, 3.63) is 11.5 Å². The molecule has 0 aliphatic carbocycles. The van der Waals surface area contributed by atoms with E-state index in [4.69, 9.17) is 10.4 Å². The van der Waals surface area contributed by atoms with E-state index in [1.54, 1.807) is 13.8 Å². The van der Waals surface area contributed by atoms with Crippen LogP contribution in [-0.4, -0.2) is 29.8 Å². The Kier molecular flexibility index (Phi) is 5.31. The highest BCUT2D eigenvalue weighted by Crippen LogP contribution is 2.16. The summed E-state index contributed by atoms with van der Waals surface area (Å²) in [6.45, 7) is 1.39. The van der Waals surface area contributed by atoms with E-state index < -0.39 is 30.2 Å². The van der Waals surface area contributed by atoms with Crippen molar-refractivity contribution in [1.29, 1.82) is 5.26 Å². The minimum atomic E-state index is -4.66. The molecule has 0 saturated carbocycles. The Labute approximate surface area is 95.5 Å². The third-order valence-corrected chi connectivity index (χ3v) is 1.35. The quantitative estimate of drug-likeness (QED) is 0.450. The molecule has 0 rings (SSSR count). The Bertz CT molecular complexity index is 355. The summed E-state index contributed by atoms with van der Waals surface area (Å²) in [5.41, 5.74) is -0.900. The second-order valence-corrected chi connectivity index (χ2v) is 3.32. The van der Waals surface area contributed by atoms with Crippen LogP contribution in [-0.2, 0) is 9.53 Å². The first-order valence-electron chi connectivity index (χ1n) is 4.51. The van der Waals surface area contributed by atoms with E-state index in [2.05, 4.69) is 10.1 Å². The first-order chi connectivity index (χ1) is 7.67. The molecule has 1 amide bonds. The monoisotopic (exact) mass is 252 g/mol. The Morgan fingerprint density at radius 3 is 2.41 bits per heavy atom. The largest absolute Gasteiger partial charge is 0.480 e. The predicted molar refractivity (Wildman–Crippen MR) is 50.6 cm³/mol. The fraction of sp³-hybridized carbons (Fsp3) is 0.556. The number of nitrogens with zero attached hydrogens (tertiary/aromatic N) is 1. The Morgan fingerprint density at radius 2 is 2.06 bits per heavy atom. The van der Waals surface area contributed by atoms with Crippen molar-refractivity contribution in [3.63, 3.8) is 0 Å². The lowest BCUT2D eigenvalue weighted by Crippen LogP contribution is -2.32. The summed E-state index contributed by atoms with van der Waals surface area (Å²) >= 11 is 0. The lowest BCUT2D eigenvalue weighted by molar-refractivity contribution is -0.173. The highest BCUT2D eigenvalue weighted by molar-refractivity contribution is 5.97. The zero-order valence-corrected chi connectivity index (χ0v) is 9.13. The number of rotatable bonds is 4. The molecule has 17 heavy (non-hydrogen) atoms. The molecular weight excluding hydrogens is 241 g/mol. The van der Waals surface area contributed by atoms with Gasteiger partial charge in [-0.15, -0.1) is 0 Å². The van der Waals surface area contributed by atoms with Gasteiger partial charge in [0.15, 0.2) is 12.2 Å². The summed E-state index contributed by atoms with van der Waals surface area (Å²) in [7, 11) is 0. The zero-order valence-electron chi connectivity index (χ0n) is 9.13. The molecular formula is C9H11F3N2O3. The van der Waals surface area contributed by atoms with Gasteiger partial charge < -0.3 is 15.2 Å². The van der Waals surface area contributed by atoms with Gasteiger partial charge in [0.25, 0.3) is 5.91 Å². The topological polar surface area (TPSA) is 82.4 Å². The molecule has 0 spiro atoms. The van der Waals surface area contributed by atoms with Crippen molar-refractivity contribution in [2.75, 3.05) is 6.61 Å². The maximum atomic E-state index is 11.8. The second-order valence-electron chi connectivity index (χ2n) is 3.32. The van der Waals surface area contributed by atoms with Gasteiger partial charge in [0.2, 0.25) is 0 Å². The van der Waals surface area contributed by atoms with Crippen LogP contribution in [0.25, 0.3) is 0 Å². The van der Waals surface area contributed by atoms with Gasteiger partial charge in [-0.25, -0.2) is 0 Å². The van der Waals surface area contributed by atoms with Crippen LogP contribution in [0.3, 0.4) is 0 Å². The summed E-state index contributed by atoms with van der Waals surface area (Å²) in [4.78, 5) is 11.2. The van der Waals surface area contributed by atoms with E-state index in [1.165, 1.54) is 6.07 Å². The molecule has 0 heterocycles. The molecule has 2 N–H and O–H groups in total. The average molecular weight is 252 g/mol. The van der Waals surface area contributed by atoms with Gasteiger partial charge in [0.05, 0.1) is 0 Å². The third kappa shape index (κ3) is 6.29. The summed E-state index contributed by atoms with van der Waals surface area (Å²) in [5.74, 6) is -2.34. The number of amides is 1. The van der Waals surface area contributed by atoms with Gasteiger partial charge in [-0.2, -0.15) is 18.4 Å². The van der Waals surface area contributed by atoms with E-state index in [0.29, 0.717) is 0 Å². The van der Waals surface area contributed by atoms with Gasteiger partial charge in [0, 0.05) is 6.04 Å². The number of alkyl halides is 3. The van der Waals surface area contributed by atoms with Crippen LogP contribution in [0.1, 0.15) is 13.8 Å². The number of carbonyl (C=O) groups is 1. The first kappa shape index (κ1) is 15.1. The average Bonchev–Trinajstić information content (AvgIpc) is 2.13. The van der Waals surface area contributed by atoms with Crippen LogP contribution in [0, 0.1) is 11.3 Å². The number of hydrogen-bond donors (Lipinski definition) is 2. The zero-order chi connectivity index (χ0) is 13.6. The SMILES string of the molecule is CC(C)NC(=O)/C(C#N)=C(/O)OCC(F)(F)F. The van der Waals surface area contributed by atoms with E-state index >= 15 is 0 Å². The van der Waals surface area contributed by atoms with Crippen LogP contribution < -0.4 is 5.32 Å². The van der Waals surface area contributed by atoms with E-state index in [0.717, 1.165) is 0 Å². The van der Waals surface area contributed by atoms with E-state index in [1.807, 2.05) is 0 Å². The van der Waals surface area contributed by atoms with Crippen molar-refractivity contribution in [1.82, 2.24) is 5.32 Å². The van der Waals surface area contributed by atoms with Crippen LogP contribution in [0.4, 0.5) is 13.2 Å². The number of carbonyl (C=O) groups excluding carboxylic acids is 1. The lowest BCUT2D eigenvalue weighted by atomic mass is 10.2. The summed E-state index contributed by atoms with van der Waals surface area (Å²) in [6, 6.07) is 0.936. The van der Waals surface area contributed by atoms with Crippen LogP contribution in [0.5, 0.6) is 0 Å². The number of aliphatic hydroxyl groups excluding tert-OH is 1. The van der Waals surface area contributed by atoms with Gasteiger partial charge in [-0.3, -0.25) is 4.79 Å². The number of ether oxygens (including phenoxy) is 1. The molecule has 0 aliphatic heterocycles. The smallest absolute Gasteiger partial charge is 0.422 e. The van der Waals surface area contributed by atoms with Crippen LogP contribution in [0.15, 0.2) is 11.5 Å². The van der Waals surface area contributed by atoms with Crippen molar-refractivity contribution >= 4 is 5.91 Å². The maximum absolute atomic E-state index is 11.8. The fourth-order valence-electron chi connectivity index (χ4n) is 0.752. The van der Waals surface area contributed by atoms with E-state index in [-0.39, 0.29) is 6.04 Å². The Morgan fingerprint density at radius 1 is 1.53 bits per heavy atom. The number of nitriles is 1. The molecule has 0 aliphatic rings. The Balaban J connectivity index is 4.72. The Hall–Kier alpha value is -1.91. The van der Waals surface area contributed by atoms with Crippen molar-refractivity contribution in [2.24, 2.45) is 0 Å². The van der Waals surface area contributed by atoms with Crippen molar-refractivity contribution in [2.45, 2.75) is 26.1 Å². The minimum absolute atomic E-state index is 0.332. The molecule has 96 valence electrons. The molecule has 0 aromatic carbocycles. The standard InChI is InChI=1S/C9H11F3N2O3/c1-5(2)14-7(15)6(3-13)8(16)17-4-9(10,11)12/h5,16H,4H2,1-2H3,(H,14,15)/b8-6-. The molecule has 0 radical (unpaired) electrons. The van der Waals surface area contributed by atoms with Gasteiger partial charge in [-0.1, -0.05) is 0 Å². The lowest BCUT2D eigenvalue weighted by Gasteiger charge is -2.10. The molecule has 0 unspecified atom stereocenters. The van der Waals surface area contributed by atoms with Crippen LogP contribution in [0.2, 0.25) is 0 Å². The van der Waals surface area contributed by atoms with Gasteiger partial charge >= 0.3 is 12.1 Å². The minimum Gasteiger partial charge on any atom is -0.480 e. The van der Waals surface area contributed by atoms with Crippen molar-refractivity contribution in [3.8, 4) is 6.07 Å². The number of aliphatic hydroxyl groups is 1. The number of hydrogen-bond acceptors (Lipinski definition) is 4. The van der Waals surface area contributed by atoms with Gasteiger partial charge in [-0.05, 0) is 13.8 Å². The highest BCUT2D eigenvalue weighted by atomic mass is 19.4. The molecule has 0 fully saturated rings. The molecule has 0 aromatic rings. The second kappa shape index (κ2) is 5.98. The van der Waals surface area contributed by atoms with Crippen LogP contribution >= 0.6 is 0 Å². The normalized spacial score (nSPS) is 12.8. The van der Waals surface area contributed by atoms with E-state index in [9.17, 15) is 18.0 Å². The number of halogens is 3. The molecule has 0 atom stereocenters. The highest BCUT2D eigenvalue weighted by Gasteiger charge is 2.30. The molecule has 5 nitrogen and oxygen atoms in total. The third-order valence-electron chi connectivity index (χ3n) is 1.35. The molecule has 0 saturated heterocycles. The predicted octanol–water partition coefficient (Wildman–Crippen LogP) is 1.38. The molecule has 8 heteroatoms. The maximum Gasteiger partial charge on any atom is 0.422 e. The number of nitrogens with one attached hydrogen (secondary N) is 1. The summed E-state index contributed by atoms with van der Waals surface area (Å²) in [6.07, 6.45) is -4.66. The first-order valence-corrected chi connectivity index (χ1v) is 4.51. The van der Waals surface area contributed by atoms with Gasteiger partial charge in [0.1, 0.15) is 6.07 Å².